The Morgan fingerprint density at radius 1 is 1.32 bits per heavy atom. The predicted octanol–water partition coefficient (Wildman–Crippen LogP) is 3.20. The number of aryl methyl sites for hydroxylation is 1. The van der Waals surface area contributed by atoms with E-state index in [1.54, 1.807) is 0 Å². The molecule has 1 aliphatic rings. The van der Waals surface area contributed by atoms with Gasteiger partial charge in [-0.15, -0.1) is 0 Å². The summed E-state index contributed by atoms with van der Waals surface area (Å²) in [6.45, 7) is 12.5. The molecule has 1 aromatic rings. The molecule has 1 heterocycles. The molecule has 19 heavy (non-hydrogen) atoms. The third kappa shape index (κ3) is 3.58. The van der Waals surface area contributed by atoms with Crippen LogP contribution in [0.3, 0.4) is 0 Å². The van der Waals surface area contributed by atoms with E-state index in [0.717, 1.165) is 13.1 Å². The number of piperazine rings is 1. The van der Waals surface area contributed by atoms with Gasteiger partial charge in [0.2, 0.25) is 0 Å². The fourth-order valence-electron chi connectivity index (χ4n) is 2.93. The van der Waals surface area contributed by atoms with E-state index >= 15 is 0 Å². The monoisotopic (exact) mass is 260 g/mol. The number of rotatable bonds is 4. The van der Waals surface area contributed by atoms with E-state index < -0.39 is 0 Å². The minimum Gasteiger partial charge on any atom is -0.311 e. The Bertz CT molecular complexity index is 400. The van der Waals surface area contributed by atoms with Crippen molar-refractivity contribution in [3.63, 3.8) is 0 Å². The van der Waals surface area contributed by atoms with Gasteiger partial charge in [-0.2, -0.15) is 0 Å². The lowest BCUT2D eigenvalue weighted by atomic mass is 9.97. The second kappa shape index (κ2) is 6.53. The van der Waals surface area contributed by atoms with Crippen molar-refractivity contribution in [1.82, 2.24) is 10.2 Å². The predicted molar refractivity (Wildman–Crippen MR) is 82.3 cm³/mol. The maximum absolute atomic E-state index is 3.71. The first-order chi connectivity index (χ1) is 9.11. The molecule has 1 aliphatic heterocycles. The van der Waals surface area contributed by atoms with Crippen LogP contribution in [0.2, 0.25) is 0 Å². The van der Waals surface area contributed by atoms with Crippen LogP contribution in [-0.4, -0.2) is 30.1 Å². The van der Waals surface area contributed by atoms with Gasteiger partial charge in [0.25, 0.3) is 0 Å². The van der Waals surface area contributed by atoms with Crippen LogP contribution < -0.4 is 5.32 Å². The van der Waals surface area contributed by atoms with Gasteiger partial charge in [-0.3, -0.25) is 4.90 Å². The Balaban J connectivity index is 2.08. The molecular formula is C17H28N2. The van der Waals surface area contributed by atoms with Gasteiger partial charge < -0.3 is 5.32 Å². The maximum atomic E-state index is 3.71. The standard InChI is InChI=1S/C17H28N2/c1-5-16-10-18-17(13(2)3)12-19(16)11-15-9-7-6-8-14(15)4/h6-9,13,16-18H,5,10-12H2,1-4H3. The molecule has 1 fully saturated rings. The zero-order valence-corrected chi connectivity index (χ0v) is 12.8. The van der Waals surface area contributed by atoms with Crippen LogP contribution in [-0.2, 0) is 6.54 Å². The Morgan fingerprint density at radius 3 is 2.68 bits per heavy atom. The summed E-state index contributed by atoms with van der Waals surface area (Å²) in [6, 6.07) is 10.1. The second-order valence-corrected chi connectivity index (χ2v) is 6.18. The summed E-state index contributed by atoms with van der Waals surface area (Å²) >= 11 is 0. The quantitative estimate of drug-likeness (QED) is 0.894. The van der Waals surface area contributed by atoms with Crippen LogP contribution in [0.25, 0.3) is 0 Å². The lowest BCUT2D eigenvalue weighted by Crippen LogP contribution is -2.57. The Morgan fingerprint density at radius 2 is 2.05 bits per heavy atom. The Hall–Kier alpha value is -0.860. The SMILES string of the molecule is CCC1CNC(C(C)C)CN1Cc1ccccc1C. The highest BCUT2D eigenvalue weighted by Gasteiger charge is 2.28. The molecular weight excluding hydrogens is 232 g/mol. The number of nitrogens with zero attached hydrogens (tertiary/aromatic N) is 1. The van der Waals surface area contributed by atoms with Gasteiger partial charge in [0.15, 0.2) is 0 Å². The normalized spacial score (nSPS) is 24.9. The molecule has 0 bridgehead atoms. The van der Waals surface area contributed by atoms with Crippen molar-refractivity contribution in [1.29, 1.82) is 0 Å². The van der Waals surface area contributed by atoms with Gasteiger partial charge in [0.05, 0.1) is 0 Å². The Labute approximate surface area is 118 Å². The van der Waals surface area contributed by atoms with Crippen LogP contribution >= 0.6 is 0 Å². The van der Waals surface area contributed by atoms with E-state index in [1.807, 2.05) is 0 Å². The minimum atomic E-state index is 0.631. The highest BCUT2D eigenvalue weighted by Crippen LogP contribution is 2.19. The third-order valence-electron chi connectivity index (χ3n) is 4.47. The van der Waals surface area contributed by atoms with Gasteiger partial charge in [-0.1, -0.05) is 45.0 Å². The van der Waals surface area contributed by atoms with Crippen molar-refractivity contribution in [3.05, 3.63) is 35.4 Å². The third-order valence-corrected chi connectivity index (χ3v) is 4.47. The van der Waals surface area contributed by atoms with Crippen LogP contribution in [0.1, 0.15) is 38.3 Å². The number of hydrogen-bond acceptors (Lipinski definition) is 2. The van der Waals surface area contributed by atoms with E-state index in [2.05, 4.69) is 62.2 Å². The maximum Gasteiger partial charge on any atom is 0.0240 e. The van der Waals surface area contributed by atoms with Gasteiger partial charge in [0, 0.05) is 31.7 Å². The topological polar surface area (TPSA) is 15.3 Å². The molecule has 1 N–H and O–H groups in total. The summed E-state index contributed by atoms with van der Waals surface area (Å²) in [4.78, 5) is 2.67. The number of benzene rings is 1. The highest BCUT2D eigenvalue weighted by molar-refractivity contribution is 5.25. The lowest BCUT2D eigenvalue weighted by molar-refractivity contribution is 0.103. The molecule has 2 atom stereocenters. The first-order valence-electron chi connectivity index (χ1n) is 7.63. The summed E-state index contributed by atoms with van der Waals surface area (Å²) in [5, 5.41) is 3.71. The molecule has 2 nitrogen and oxygen atoms in total. The summed E-state index contributed by atoms with van der Waals surface area (Å²) < 4.78 is 0. The van der Waals surface area contributed by atoms with Crippen molar-refractivity contribution < 1.29 is 0 Å². The zero-order chi connectivity index (χ0) is 13.8. The van der Waals surface area contributed by atoms with Crippen LogP contribution in [0.5, 0.6) is 0 Å². The summed E-state index contributed by atoms with van der Waals surface area (Å²) in [5.41, 5.74) is 2.89. The van der Waals surface area contributed by atoms with Gasteiger partial charge in [0.1, 0.15) is 0 Å². The second-order valence-electron chi connectivity index (χ2n) is 6.18. The van der Waals surface area contributed by atoms with Crippen molar-refractivity contribution in [2.24, 2.45) is 5.92 Å². The fraction of sp³-hybridized carbons (Fsp3) is 0.647. The molecule has 0 aromatic heterocycles. The molecule has 1 aromatic carbocycles. The molecule has 2 rings (SSSR count). The summed E-state index contributed by atoms with van der Waals surface area (Å²) in [5.74, 6) is 0.706. The minimum absolute atomic E-state index is 0.631. The van der Waals surface area contributed by atoms with Crippen LogP contribution in [0.15, 0.2) is 24.3 Å². The fourth-order valence-corrected chi connectivity index (χ4v) is 2.93. The first-order valence-corrected chi connectivity index (χ1v) is 7.63. The van der Waals surface area contributed by atoms with Gasteiger partial charge >= 0.3 is 0 Å². The van der Waals surface area contributed by atoms with Crippen molar-refractivity contribution in [2.75, 3.05) is 13.1 Å². The van der Waals surface area contributed by atoms with Crippen LogP contribution in [0, 0.1) is 12.8 Å². The zero-order valence-electron chi connectivity index (χ0n) is 12.8. The largest absolute Gasteiger partial charge is 0.311 e. The summed E-state index contributed by atoms with van der Waals surface area (Å²) in [7, 11) is 0. The number of hydrogen-bond donors (Lipinski definition) is 1. The molecule has 0 spiro atoms. The average Bonchev–Trinajstić information content (AvgIpc) is 2.41. The van der Waals surface area contributed by atoms with E-state index in [-0.39, 0.29) is 0 Å². The molecule has 0 amide bonds. The molecule has 1 saturated heterocycles. The van der Waals surface area contributed by atoms with E-state index in [9.17, 15) is 0 Å². The van der Waals surface area contributed by atoms with Crippen molar-refractivity contribution in [2.45, 2.75) is 52.7 Å². The van der Waals surface area contributed by atoms with Crippen LogP contribution in [0.4, 0.5) is 0 Å². The summed E-state index contributed by atoms with van der Waals surface area (Å²) in [6.07, 6.45) is 1.23. The average molecular weight is 260 g/mol. The van der Waals surface area contributed by atoms with Gasteiger partial charge in [-0.05, 0) is 30.4 Å². The van der Waals surface area contributed by atoms with E-state index in [4.69, 9.17) is 0 Å². The first kappa shape index (κ1) is 14.5. The van der Waals surface area contributed by atoms with Crippen molar-refractivity contribution >= 4 is 0 Å². The molecule has 106 valence electrons. The highest BCUT2D eigenvalue weighted by atomic mass is 15.2. The molecule has 2 unspecified atom stereocenters. The molecule has 2 heteroatoms. The smallest absolute Gasteiger partial charge is 0.0240 e. The van der Waals surface area contributed by atoms with E-state index in [1.165, 1.54) is 24.1 Å². The lowest BCUT2D eigenvalue weighted by Gasteiger charge is -2.42. The molecule has 0 aliphatic carbocycles. The molecule has 0 radical (unpaired) electrons. The number of nitrogens with one attached hydrogen (secondary N) is 1. The van der Waals surface area contributed by atoms with E-state index in [0.29, 0.717) is 18.0 Å². The Kier molecular flexibility index (Phi) is 5.00. The van der Waals surface area contributed by atoms with Crippen molar-refractivity contribution in [3.8, 4) is 0 Å². The van der Waals surface area contributed by atoms with Gasteiger partial charge in [-0.25, -0.2) is 0 Å². The molecule has 0 saturated carbocycles.